The lowest BCUT2D eigenvalue weighted by Gasteiger charge is -2.04. The van der Waals surface area contributed by atoms with Crippen LogP contribution < -0.4 is 5.32 Å². The topological polar surface area (TPSA) is 85.1 Å². The molecule has 1 N–H and O–H groups in total. The van der Waals surface area contributed by atoms with Crippen LogP contribution in [-0.4, -0.2) is 22.4 Å². The number of amides is 1. The van der Waals surface area contributed by atoms with Crippen molar-refractivity contribution in [3.05, 3.63) is 56.3 Å². The molecule has 0 saturated carbocycles. The molecule has 1 aromatic carbocycles. The predicted octanol–water partition coefficient (Wildman–Crippen LogP) is 2.16. The zero-order valence-electron chi connectivity index (χ0n) is 10.2. The van der Waals surface area contributed by atoms with Crippen molar-refractivity contribution in [2.75, 3.05) is 6.54 Å². The van der Waals surface area contributed by atoms with Gasteiger partial charge in [-0.25, -0.2) is 4.98 Å². The summed E-state index contributed by atoms with van der Waals surface area (Å²) in [5, 5.41) is 15.9. The Bertz CT molecular complexity index is 631. The van der Waals surface area contributed by atoms with Crippen LogP contribution in [0.25, 0.3) is 0 Å². The predicted molar refractivity (Wildman–Crippen MR) is 71.2 cm³/mol. The first-order chi connectivity index (χ1) is 9.58. The number of nitro benzene ring substituents is 1. The summed E-state index contributed by atoms with van der Waals surface area (Å²) in [6.07, 6.45) is 2.25. The van der Waals surface area contributed by atoms with Gasteiger partial charge in [-0.3, -0.25) is 14.9 Å². The van der Waals surface area contributed by atoms with Crippen molar-refractivity contribution in [1.82, 2.24) is 10.3 Å². The molecular weight excluding hydrogens is 285 g/mol. The number of benzene rings is 1. The molecule has 104 valence electrons. The maximum Gasteiger partial charge on any atom is 0.305 e. The molecule has 20 heavy (non-hydrogen) atoms. The van der Waals surface area contributed by atoms with Crippen molar-refractivity contribution in [3.63, 3.8) is 0 Å². The quantitative estimate of drug-likeness (QED) is 0.676. The molecule has 0 fully saturated rings. The molecule has 0 aliphatic rings. The maximum atomic E-state index is 13.1. The fraction of sp³-hybridized carbons (Fsp3) is 0.167. The van der Waals surface area contributed by atoms with Gasteiger partial charge in [0.05, 0.1) is 9.93 Å². The van der Waals surface area contributed by atoms with E-state index >= 15 is 0 Å². The molecule has 0 aliphatic heterocycles. The average molecular weight is 295 g/mol. The summed E-state index contributed by atoms with van der Waals surface area (Å²) in [6.45, 7) is 0.359. The van der Waals surface area contributed by atoms with Gasteiger partial charge in [-0.2, -0.15) is 4.39 Å². The van der Waals surface area contributed by atoms with Crippen LogP contribution in [-0.2, 0) is 6.42 Å². The number of carbonyl (C=O) groups is 1. The van der Waals surface area contributed by atoms with Crippen LogP contribution >= 0.6 is 11.3 Å². The highest BCUT2D eigenvalue weighted by Crippen LogP contribution is 2.18. The number of carbonyl (C=O) groups excluding carboxylic acids is 1. The Labute approximate surface area is 117 Å². The molecule has 0 radical (unpaired) electrons. The molecule has 2 rings (SSSR count). The van der Waals surface area contributed by atoms with Gasteiger partial charge in [0.1, 0.15) is 0 Å². The van der Waals surface area contributed by atoms with E-state index in [0.29, 0.717) is 13.0 Å². The Balaban J connectivity index is 1.98. The zero-order valence-corrected chi connectivity index (χ0v) is 11.0. The highest BCUT2D eigenvalue weighted by Gasteiger charge is 2.17. The largest absolute Gasteiger partial charge is 0.352 e. The third kappa shape index (κ3) is 3.35. The lowest BCUT2D eigenvalue weighted by Crippen LogP contribution is -2.25. The van der Waals surface area contributed by atoms with Crippen LogP contribution in [0.2, 0.25) is 0 Å². The van der Waals surface area contributed by atoms with Crippen molar-refractivity contribution < 1.29 is 14.1 Å². The summed E-state index contributed by atoms with van der Waals surface area (Å²) in [7, 11) is 0. The van der Waals surface area contributed by atoms with Gasteiger partial charge < -0.3 is 5.32 Å². The SMILES string of the molecule is O=C(NCCc1nccs1)c1ccc(F)c([N+](=O)[O-])c1. The van der Waals surface area contributed by atoms with E-state index in [1.54, 1.807) is 6.20 Å². The first-order valence-electron chi connectivity index (χ1n) is 5.68. The fourth-order valence-electron chi connectivity index (χ4n) is 1.56. The number of nitrogens with one attached hydrogen (secondary N) is 1. The van der Waals surface area contributed by atoms with Gasteiger partial charge in [0, 0.05) is 36.2 Å². The van der Waals surface area contributed by atoms with Crippen LogP contribution in [0.15, 0.2) is 29.8 Å². The molecule has 0 aliphatic carbocycles. The summed E-state index contributed by atoms with van der Waals surface area (Å²) in [4.78, 5) is 25.6. The first-order valence-corrected chi connectivity index (χ1v) is 6.56. The summed E-state index contributed by atoms with van der Waals surface area (Å²) < 4.78 is 13.1. The Morgan fingerprint density at radius 1 is 1.50 bits per heavy atom. The Hall–Kier alpha value is -2.35. The molecule has 6 nitrogen and oxygen atoms in total. The van der Waals surface area contributed by atoms with E-state index in [1.165, 1.54) is 17.4 Å². The zero-order chi connectivity index (χ0) is 14.5. The first kappa shape index (κ1) is 14.1. The van der Waals surface area contributed by atoms with E-state index in [-0.39, 0.29) is 5.56 Å². The Kier molecular flexibility index (Phi) is 4.36. The number of nitro groups is 1. The number of thiazole rings is 1. The number of aromatic nitrogens is 1. The monoisotopic (exact) mass is 295 g/mol. The smallest absolute Gasteiger partial charge is 0.305 e. The second-order valence-corrected chi connectivity index (χ2v) is 4.83. The van der Waals surface area contributed by atoms with Gasteiger partial charge >= 0.3 is 5.69 Å². The molecule has 1 amide bonds. The second kappa shape index (κ2) is 6.20. The van der Waals surface area contributed by atoms with E-state index in [4.69, 9.17) is 0 Å². The van der Waals surface area contributed by atoms with Crippen LogP contribution in [0.1, 0.15) is 15.4 Å². The third-order valence-corrected chi connectivity index (χ3v) is 3.35. The van der Waals surface area contributed by atoms with Gasteiger partial charge in [-0.1, -0.05) is 0 Å². The van der Waals surface area contributed by atoms with E-state index in [1.807, 2.05) is 5.38 Å². The van der Waals surface area contributed by atoms with E-state index < -0.39 is 22.3 Å². The fourth-order valence-corrected chi connectivity index (χ4v) is 2.18. The average Bonchev–Trinajstić information content (AvgIpc) is 2.92. The number of hydrogen-bond acceptors (Lipinski definition) is 5. The van der Waals surface area contributed by atoms with Gasteiger partial charge in [0.15, 0.2) is 0 Å². The van der Waals surface area contributed by atoms with E-state index in [9.17, 15) is 19.3 Å². The van der Waals surface area contributed by atoms with Crippen molar-refractivity contribution in [2.24, 2.45) is 0 Å². The minimum Gasteiger partial charge on any atom is -0.352 e. The highest BCUT2D eigenvalue weighted by molar-refractivity contribution is 7.09. The second-order valence-electron chi connectivity index (χ2n) is 3.86. The van der Waals surface area contributed by atoms with Gasteiger partial charge in [0.2, 0.25) is 5.82 Å². The van der Waals surface area contributed by atoms with Crippen molar-refractivity contribution in [1.29, 1.82) is 0 Å². The van der Waals surface area contributed by atoms with Gasteiger partial charge in [-0.15, -0.1) is 11.3 Å². The molecule has 0 unspecified atom stereocenters. The highest BCUT2D eigenvalue weighted by atomic mass is 32.1. The molecule has 2 aromatic rings. The van der Waals surface area contributed by atoms with E-state index in [0.717, 1.165) is 17.1 Å². The van der Waals surface area contributed by atoms with Gasteiger partial charge in [-0.05, 0) is 12.1 Å². The molecule has 0 atom stereocenters. The molecule has 0 saturated heterocycles. The Morgan fingerprint density at radius 3 is 2.95 bits per heavy atom. The number of rotatable bonds is 5. The molecule has 0 bridgehead atoms. The van der Waals surface area contributed by atoms with Crippen LogP contribution in [0.5, 0.6) is 0 Å². The third-order valence-electron chi connectivity index (χ3n) is 2.51. The van der Waals surface area contributed by atoms with Crippen LogP contribution in [0, 0.1) is 15.9 Å². The lowest BCUT2D eigenvalue weighted by atomic mass is 10.2. The Morgan fingerprint density at radius 2 is 2.30 bits per heavy atom. The van der Waals surface area contributed by atoms with Crippen molar-refractivity contribution in [3.8, 4) is 0 Å². The van der Waals surface area contributed by atoms with Crippen LogP contribution in [0.3, 0.4) is 0 Å². The summed E-state index contributed by atoms with van der Waals surface area (Å²) in [5.74, 6) is -1.45. The number of nitrogens with zero attached hydrogens (tertiary/aromatic N) is 2. The van der Waals surface area contributed by atoms with Gasteiger partial charge in [0.25, 0.3) is 5.91 Å². The summed E-state index contributed by atoms with van der Waals surface area (Å²) in [6, 6.07) is 3.04. The minimum absolute atomic E-state index is 0.0530. The van der Waals surface area contributed by atoms with Crippen molar-refractivity contribution in [2.45, 2.75) is 6.42 Å². The number of hydrogen-bond donors (Lipinski definition) is 1. The lowest BCUT2D eigenvalue weighted by molar-refractivity contribution is -0.387. The molecule has 8 heteroatoms. The minimum atomic E-state index is -0.964. The molecule has 1 aromatic heterocycles. The summed E-state index contributed by atoms with van der Waals surface area (Å²) in [5.41, 5.74) is -0.658. The van der Waals surface area contributed by atoms with Crippen molar-refractivity contribution >= 4 is 22.9 Å². The summed E-state index contributed by atoms with van der Waals surface area (Å²) >= 11 is 1.48. The maximum absolute atomic E-state index is 13.1. The van der Waals surface area contributed by atoms with E-state index in [2.05, 4.69) is 10.3 Å². The standard InChI is InChI=1S/C12H10FN3O3S/c13-9-2-1-8(7-10(9)16(18)19)12(17)15-4-3-11-14-5-6-20-11/h1-2,5-7H,3-4H2,(H,15,17). The molecular formula is C12H10FN3O3S. The number of halogens is 1. The van der Waals surface area contributed by atoms with Crippen LogP contribution in [0.4, 0.5) is 10.1 Å². The molecule has 0 spiro atoms. The normalized spacial score (nSPS) is 10.2. The molecule has 1 heterocycles.